The van der Waals surface area contributed by atoms with Crippen molar-refractivity contribution < 1.29 is 19.2 Å². The Kier molecular flexibility index (Phi) is 5.71. The summed E-state index contributed by atoms with van der Waals surface area (Å²) in [7, 11) is 1.28. The van der Waals surface area contributed by atoms with Gasteiger partial charge in [-0.3, -0.25) is 19.7 Å². The van der Waals surface area contributed by atoms with E-state index in [1.165, 1.54) is 43.6 Å². The normalized spacial score (nSPS) is 11.6. The summed E-state index contributed by atoms with van der Waals surface area (Å²) in [5, 5.41) is 11.1. The van der Waals surface area contributed by atoms with Crippen molar-refractivity contribution in [2.45, 2.75) is 13.5 Å². The second kappa shape index (κ2) is 8.03. The Morgan fingerprint density at radius 3 is 2.75 bits per heavy atom. The van der Waals surface area contributed by atoms with Gasteiger partial charge in [0.05, 0.1) is 27.8 Å². The summed E-state index contributed by atoms with van der Waals surface area (Å²) in [4.78, 5) is 39.6. The van der Waals surface area contributed by atoms with Crippen LogP contribution in [0.5, 0.6) is 0 Å². The molecule has 1 amide bonds. The molecule has 0 atom stereocenters. The van der Waals surface area contributed by atoms with Gasteiger partial charge in [-0.2, -0.15) is 4.99 Å². The molecule has 28 heavy (non-hydrogen) atoms. The van der Waals surface area contributed by atoms with Crippen LogP contribution in [0, 0.1) is 17.0 Å². The van der Waals surface area contributed by atoms with E-state index in [9.17, 15) is 19.7 Å². The van der Waals surface area contributed by atoms with E-state index in [4.69, 9.17) is 4.74 Å². The molecule has 0 bridgehead atoms. The van der Waals surface area contributed by atoms with Crippen LogP contribution in [0.25, 0.3) is 10.2 Å². The van der Waals surface area contributed by atoms with Gasteiger partial charge in [0.2, 0.25) is 0 Å². The fourth-order valence-electron chi connectivity index (χ4n) is 2.68. The molecule has 0 aliphatic heterocycles. The molecule has 0 saturated carbocycles. The third kappa shape index (κ3) is 3.87. The number of carbonyl (C=O) groups excluding carboxylic acids is 2. The summed E-state index contributed by atoms with van der Waals surface area (Å²) in [6.45, 7) is 1.39. The quantitative estimate of drug-likeness (QED) is 0.334. The van der Waals surface area contributed by atoms with Crippen LogP contribution >= 0.6 is 27.3 Å². The Bertz CT molecular complexity index is 1180. The molecule has 0 aliphatic carbocycles. The molecule has 0 unspecified atom stereocenters. The molecular formula is C18H14BrN3O5S. The molecule has 0 N–H and O–H groups in total. The van der Waals surface area contributed by atoms with E-state index in [1.54, 1.807) is 10.6 Å². The molecule has 0 spiro atoms. The molecule has 3 aromatic rings. The molecule has 144 valence electrons. The molecule has 8 nitrogen and oxygen atoms in total. The number of nitro benzene ring substituents is 1. The number of methoxy groups -OCH3 is 1. The number of nitrogens with zero attached hydrogens (tertiary/aromatic N) is 3. The predicted molar refractivity (Wildman–Crippen MR) is 107 cm³/mol. The van der Waals surface area contributed by atoms with E-state index in [0.29, 0.717) is 4.80 Å². The first-order valence-electron chi connectivity index (χ1n) is 8.00. The molecule has 1 heterocycles. The predicted octanol–water partition coefficient (Wildman–Crippen LogP) is 3.60. The van der Waals surface area contributed by atoms with Crippen LogP contribution in [0.3, 0.4) is 0 Å². The van der Waals surface area contributed by atoms with Gasteiger partial charge in [0.25, 0.3) is 11.6 Å². The third-order valence-corrected chi connectivity index (χ3v) is 5.62. The highest BCUT2D eigenvalue weighted by molar-refractivity contribution is 9.10. The summed E-state index contributed by atoms with van der Waals surface area (Å²) in [5.74, 6) is -1.10. The van der Waals surface area contributed by atoms with Gasteiger partial charge in [-0.25, -0.2) is 0 Å². The fraction of sp³-hybridized carbons (Fsp3) is 0.167. The molecule has 3 rings (SSSR count). The second-order valence-electron chi connectivity index (χ2n) is 5.78. The number of fused-ring (bicyclic) bond motifs is 1. The van der Waals surface area contributed by atoms with E-state index < -0.39 is 16.8 Å². The fourth-order valence-corrected chi connectivity index (χ4v) is 4.26. The van der Waals surface area contributed by atoms with Crippen molar-refractivity contribution in [1.29, 1.82) is 0 Å². The largest absolute Gasteiger partial charge is 0.468 e. The summed E-state index contributed by atoms with van der Waals surface area (Å²) >= 11 is 4.63. The maximum Gasteiger partial charge on any atom is 0.325 e. The van der Waals surface area contributed by atoms with Crippen molar-refractivity contribution in [2.75, 3.05) is 7.11 Å². The number of halogens is 1. The van der Waals surface area contributed by atoms with Crippen molar-refractivity contribution in [3.05, 3.63) is 66.9 Å². The van der Waals surface area contributed by atoms with Gasteiger partial charge in [0.1, 0.15) is 6.54 Å². The molecule has 0 saturated heterocycles. The number of esters is 1. The lowest BCUT2D eigenvalue weighted by atomic mass is 10.1. The molecule has 2 aromatic carbocycles. The first-order valence-corrected chi connectivity index (χ1v) is 9.61. The zero-order valence-electron chi connectivity index (χ0n) is 14.8. The summed E-state index contributed by atoms with van der Waals surface area (Å²) in [6.07, 6.45) is 0. The zero-order chi connectivity index (χ0) is 20.4. The monoisotopic (exact) mass is 463 g/mol. The van der Waals surface area contributed by atoms with Gasteiger partial charge in [-0.05, 0) is 31.2 Å². The van der Waals surface area contributed by atoms with Crippen molar-refractivity contribution >= 4 is 55.0 Å². The van der Waals surface area contributed by atoms with Crippen LogP contribution in [0.4, 0.5) is 5.69 Å². The molecule has 0 aliphatic rings. The van der Waals surface area contributed by atoms with E-state index in [2.05, 4.69) is 20.9 Å². The molecule has 0 radical (unpaired) electrons. The lowest BCUT2D eigenvalue weighted by Crippen LogP contribution is -2.22. The topological polar surface area (TPSA) is 104 Å². The first-order chi connectivity index (χ1) is 13.3. The highest BCUT2D eigenvalue weighted by Gasteiger charge is 2.18. The Labute approximate surface area is 171 Å². The maximum absolute atomic E-state index is 12.7. The number of benzene rings is 2. The molecule has 0 fully saturated rings. The lowest BCUT2D eigenvalue weighted by Gasteiger charge is -2.04. The number of rotatable bonds is 4. The van der Waals surface area contributed by atoms with E-state index >= 15 is 0 Å². The average molecular weight is 464 g/mol. The molecule has 10 heteroatoms. The van der Waals surface area contributed by atoms with Crippen LogP contribution in [-0.2, 0) is 16.1 Å². The SMILES string of the molecule is COC(=O)Cn1c(=NC(=O)c2cccc([N+](=O)[O-])c2C)sc2cc(Br)ccc21. The number of hydrogen-bond donors (Lipinski definition) is 0. The minimum absolute atomic E-state index is 0.113. The van der Waals surface area contributed by atoms with Crippen molar-refractivity contribution in [3.8, 4) is 0 Å². The van der Waals surface area contributed by atoms with Crippen molar-refractivity contribution in [3.63, 3.8) is 0 Å². The third-order valence-electron chi connectivity index (χ3n) is 4.09. The zero-order valence-corrected chi connectivity index (χ0v) is 17.2. The standard InChI is InChI=1S/C18H14BrN3O5S/c1-10-12(4-3-5-13(10)22(25)26)17(24)20-18-21(9-16(23)27-2)14-7-6-11(19)8-15(14)28-18/h3-8H,9H2,1-2H3. The minimum atomic E-state index is -0.620. The van der Waals surface area contributed by atoms with Crippen molar-refractivity contribution in [2.24, 2.45) is 4.99 Å². The van der Waals surface area contributed by atoms with Crippen LogP contribution in [0.2, 0.25) is 0 Å². The van der Waals surface area contributed by atoms with Crippen molar-refractivity contribution in [1.82, 2.24) is 4.57 Å². The maximum atomic E-state index is 12.7. The number of amides is 1. The Balaban J connectivity index is 2.17. The Morgan fingerprint density at radius 2 is 2.07 bits per heavy atom. The van der Waals surface area contributed by atoms with E-state index in [-0.39, 0.29) is 23.4 Å². The summed E-state index contributed by atoms with van der Waals surface area (Å²) in [5.41, 5.74) is 0.951. The number of aromatic nitrogens is 1. The van der Waals surface area contributed by atoms with Crippen LogP contribution in [-0.4, -0.2) is 28.5 Å². The van der Waals surface area contributed by atoms with Gasteiger partial charge in [0.15, 0.2) is 4.80 Å². The Hall–Kier alpha value is -2.85. The molecule has 1 aromatic heterocycles. The number of thiazole rings is 1. The number of carbonyl (C=O) groups is 2. The van der Waals surface area contributed by atoms with Gasteiger partial charge in [0, 0.05) is 16.1 Å². The van der Waals surface area contributed by atoms with Gasteiger partial charge < -0.3 is 9.30 Å². The van der Waals surface area contributed by atoms with Gasteiger partial charge in [-0.1, -0.05) is 33.3 Å². The minimum Gasteiger partial charge on any atom is -0.468 e. The first kappa shape index (κ1) is 19.9. The summed E-state index contributed by atoms with van der Waals surface area (Å²) in [6, 6.07) is 9.75. The highest BCUT2D eigenvalue weighted by atomic mass is 79.9. The van der Waals surface area contributed by atoms with E-state index in [0.717, 1.165) is 14.7 Å². The number of nitro groups is 1. The second-order valence-corrected chi connectivity index (χ2v) is 7.71. The van der Waals surface area contributed by atoms with Crippen LogP contribution < -0.4 is 4.80 Å². The van der Waals surface area contributed by atoms with Crippen LogP contribution in [0.15, 0.2) is 45.9 Å². The smallest absolute Gasteiger partial charge is 0.325 e. The van der Waals surface area contributed by atoms with E-state index in [1.807, 2.05) is 12.1 Å². The summed E-state index contributed by atoms with van der Waals surface area (Å²) < 4.78 is 7.99. The Morgan fingerprint density at radius 1 is 1.32 bits per heavy atom. The van der Waals surface area contributed by atoms with Gasteiger partial charge in [-0.15, -0.1) is 0 Å². The van der Waals surface area contributed by atoms with Gasteiger partial charge >= 0.3 is 5.97 Å². The van der Waals surface area contributed by atoms with Crippen LogP contribution in [0.1, 0.15) is 15.9 Å². The molecular weight excluding hydrogens is 450 g/mol. The lowest BCUT2D eigenvalue weighted by molar-refractivity contribution is -0.385. The number of hydrogen-bond acceptors (Lipinski definition) is 6. The highest BCUT2D eigenvalue weighted by Crippen LogP contribution is 2.24. The average Bonchev–Trinajstić information content (AvgIpc) is 2.97. The number of ether oxygens (including phenoxy) is 1.